The molecular formula is C16H10O8. The fraction of sp³-hybridized carbons (Fsp3) is 0.125. The molecule has 1 aromatic carbocycles. The Morgan fingerprint density at radius 3 is 1.62 bits per heavy atom. The molecule has 0 aliphatic carbocycles. The number of carbonyl (C=O) groups is 2. The van der Waals surface area contributed by atoms with E-state index in [0.717, 1.165) is 12.1 Å². The summed E-state index contributed by atoms with van der Waals surface area (Å²) in [5.41, 5.74) is -1.07. The molecule has 8 heteroatoms. The molecule has 3 aromatic rings. The minimum Gasteiger partial charge on any atom is -0.475 e. The number of carboxylic acid groups (broad SMARTS) is 2. The monoisotopic (exact) mass is 330 g/mol. The van der Waals surface area contributed by atoms with Crippen molar-refractivity contribution in [2.24, 2.45) is 0 Å². The summed E-state index contributed by atoms with van der Waals surface area (Å²) >= 11 is 0. The molecule has 0 radical (unpaired) electrons. The molecule has 24 heavy (non-hydrogen) atoms. The Morgan fingerprint density at radius 2 is 1.29 bits per heavy atom. The first-order valence-corrected chi connectivity index (χ1v) is 6.87. The Labute approximate surface area is 132 Å². The number of benzene rings is 1. The Kier molecular flexibility index (Phi) is 3.44. The van der Waals surface area contributed by atoms with Crippen molar-refractivity contribution in [1.29, 1.82) is 0 Å². The van der Waals surface area contributed by atoms with Crippen molar-refractivity contribution in [2.45, 2.75) is 13.3 Å². The first kappa shape index (κ1) is 15.5. The van der Waals surface area contributed by atoms with Gasteiger partial charge in [0.25, 0.3) is 0 Å². The smallest absolute Gasteiger partial charge is 0.371 e. The van der Waals surface area contributed by atoms with Gasteiger partial charge in [-0.1, -0.05) is 6.92 Å². The summed E-state index contributed by atoms with van der Waals surface area (Å²) < 4.78 is 10.5. The molecule has 0 bridgehead atoms. The summed E-state index contributed by atoms with van der Waals surface area (Å²) in [5, 5.41) is 18.1. The topological polar surface area (TPSA) is 135 Å². The van der Waals surface area contributed by atoms with Crippen molar-refractivity contribution in [3.63, 3.8) is 0 Å². The Hall–Kier alpha value is -3.42. The molecule has 3 rings (SSSR count). The molecule has 0 amide bonds. The van der Waals surface area contributed by atoms with E-state index >= 15 is 0 Å². The quantitative estimate of drug-likeness (QED) is 0.695. The molecule has 8 nitrogen and oxygen atoms in total. The maximum atomic E-state index is 12.2. The molecule has 122 valence electrons. The third-order valence-corrected chi connectivity index (χ3v) is 3.58. The highest BCUT2D eigenvalue weighted by atomic mass is 16.4. The van der Waals surface area contributed by atoms with E-state index in [2.05, 4.69) is 0 Å². The maximum Gasteiger partial charge on any atom is 0.371 e. The second kappa shape index (κ2) is 5.34. The summed E-state index contributed by atoms with van der Waals surface area (Å²) in [6, 6.07) is 2.87. The molecule has 2 N–H and O–H groups in total. The molecule has 0 saturated carbocycles. The second-order valence-electron chi connectivity index (χ2n) is 5.02. The number of carboxylic acids is 2. The lowest BCUT2D eigenvalue weighted by atomic mass is 10.0. The van der Waals surface area contributed by atoms with Crippen LogP contribution in [0.5, 0.6) is 0 Å². The van der Waals surface area contributed by atoms with Crippen LogP contribution in [0.1, 0.15) is 33.6 Å². The van der Waals surface area contributed by atoms with Crippen molar-refractivity contribution in [3.05, 3.63) is 55.7 Å². The highest BCUT2D eigenvalue weighted by molar-refractivity contribution is 5.99. The molecule has 2 heterocycles. The summed E-state index contributed by atoms with van der Waals surface area (Å²) in [6.07, 6.45) is 0.228. The van der Waals surface area contributed by atoms with E-state index in [1.165, 1.54) is 6.07 Å². The molecule has 0 unspecified atom stereocenters. The van der Waals surface area contributed by atoms with Gasteiger partial charge in [-0.25, -0.2) is 9.59 Å². The molecule has 0 saturated heterocycles. The second-order valence-corrected chi connectivity index (χ2v) is 5.02. The van der Waals surface area contributed by atoms with Crippen LogP contribution in [0.15, 0.2) is 36.6 Å². The standard InChI is InChI=1S/C16H10O8/c1-2-6-13-7(9(17)4-11(23-13)15(19)20)3-8-10(18)5-12(16(21)22)24-14(6)8/h3-5H,2H2,1H3,(H,19,20)(H,21,22). The molecular weight excluding hydrogens is 320 g/mol. The Morgan fingerprint density at radius 1 is 0.875 bits per heavy atom. The van der Waals surface area contributed by atoms with Gasteiger partial charge in [0, 0.05) is 17.7 Å². The van der Waals surface area contributed by atoms with E-state index in [1.807, 2.05) is 0 Å². The van der Waals surface area contributed by atoms with Crippen LogP contribution in [-0.4, -0.2) is 22.2 Å². The van der Waals surface area contributed by atoms with Gasteiger partial charge < -0.3 is 19.0 Å². The number of aromatic carboxylic acids is 2. The van der Waals surface area contributed by atoms with Gasteiger partial charge in [0.2, 0.25) is 11.5 Å². The molecule has 0 aliphatic heterocycles. The fourth-order valence-electron chi connectivity index (χ4n) is 2.51. The normalized spacial score (nSPS) is 11.0. The van der Waals surface area contributed by atoms with Crippen LogP contribution in [-0.2, 0) is 6.42 Å². The first-order valence-electron chi connectivity index (χ1n) is 6.87. The van der Waals surface area contributed by atoms with E-state index in [9.17, 15) is 19.2 Å². The van der Waals surface area contributed by atoms with Crippen LogP contribution in [0.4, 0.5) is 0 Å². The third kappa shape index (κ3) is 2.24. The fourth-order valence-corrected chi connectivity index (χ4v) is 2.51. The van der Waals surface area contributed by atoms with E-state index in [0.29, 0.717) is 0 Å². The van der Waals surface area contributed by atoms with Crippen molar-refractivity contribution < 1.29 is 28.6 Å². The summed E-state index contributed by atoms with van der Waals surface area (Å²) in [6.45, 7) is 1.68. The van der Waals surface area contributed by atoms with Gasteiger partial charge in [-0.3, -0.25) is 9.59 Å². The van der Waals surface area contributed by atoms with Crippen molar-refractivity contribution >= 4 is 33.9 Å². The first-order chi connectivity index (χ1) is 11.3. The summed E-state index contributed by atoms with van der Waals surface area (Å²) in [4.78, 5) is 46.5. The molecule has 0 aliphatic rings. The van der Waals surface area contributed by atoms with Gasteiger partial charge in [0.15, 0.2) is 10.9 Å². The maximum absolute atomic E-state index is 12.2. The average molecular weight is 330 g/mol. The van der Waals surface area contributed by atoms with Crippen molar-refractivity contribution in [2.75, 3.05) is 0 Å². The lowest BCUT2D eigenvalue weighted by Crippen LogP contribution is -2.11. The SMILES string of the molecule is CCc1c2oc(C(=O)O)cc(=O)c2cc2c(=O)cc(C(=O)O)oc12. The predicted octanol–water partition coefficient (Wildman–Crippen LogP) is 1.86. The number of aryl methyl sites for hydroxylation is 1. The van der Waals surface area contributed by atoms with Crippen molar-refractivity contribution in [1.82, 2.24) is 0 Å². The third-order valence-electron chi connectivity index (χ3n) is 3.58. The van der Waals surface area contributed by atoms with Crippen LogP contribution in [0.25, 0.3) is 21.9 Å². The zero-order chi connectivity index (χ0) is 17.6. The minimum atomic E-state index is -1.42. The minimum absolute atomic E-state index is 0.0275. The number of fused-ring (bicyclic) bond motifs is 2. The van der Waals surface area contributed by atoms with E-state index < -0.39 is 34.3 Å². The van der Waals surface area contributed by atoms with Gasteiger partial charge in [0.1, 0.15) is 11.2 Å². The number of hydrogen-bond donors (Lipinski definition) is 2. The van der Waals surface area contributed by atoms with E-state index in [-0.39, 0.29) is 33.9 Å². The lowest BCUT2D eigenvalue weighted by Gasteiger charge is -2.08. The van der Waals surface area contributed by atoms with Crippen LogP contribution in [0.2, 0.25) is 0 Å². The predicted molar refractivity (Wildman–Crippen MR) is 81.8 cm³/mol. The van der Waals surface area contributed by atoms with Gasteiger partial charge in [-0.2, -0.15) is 0 Å². The van der Waals surface area contributed by atoms with Crippen LogP contribution >= 0.6 is 0 Å². The van der Waals surface area contributed by atoms with Crippen LogP contribution in [0.3, 0.4) is 0 Å². The number of hydrogen-bond acceptors (Lipinski definition) is 6. The van der Waals surface area contributed by atoms with Crippen LogP contribution < -0.4 is 10.9 Å². The molecule has 0 atom stereocenters. The largest absolute Gasteiger partial charge is 0.475 e. The zero-order valence-electron chi connectivity index (χ0n) is 12.3. The molecule has 0 spiro atoms. The van der Waals surface area contributed by atoms with E-state index in [4.69, 9.17) is 19.0 Å². The highest BCUT2D eigenvalue weighted by Gasteiger charge is 2.20. The summed E-state index contributed by atoms with van der Waals surface area (Å²) in [5.74, 6) is -3.95. The van der Waals surface area contributed by atoms with Gasteiger partial charge in [-0.15, -0.1) is 0 Å². The average Bonchev–Trinajstić information content (AvgIpc) is 2.52. The lowest BCUT2D eigenvalue weighted by molar-refractivity contribution is 0.0654. The van der Waals surface area contributed by atoms with E-state index in [1.54, 1.807) is 6.92 Å². The van der Waals surface area contributed by atoms with Gasteiger partial charge >= 0.3 is 11.9 Å². The zero-order valence-corrected chi connectivity index (χ0v) is 12.3. The van der Waals surface area contributed by atoms with Gasteiger partial charge in [0.05, 0.1) is 10.8 Å². The summed E-state index contributed by atoms with van der Waals surface area (Å²) in [7, 11) is 0. The van der Waals surface area contributed by atoms with Gasteiger partial charge in [-0.05, 0) is 12.5 Å². The Balaban J connectivity index is 2.59. The highest BCUT2D eigenvalue weighted by Crippen LogP contribution is 2.27. The van der Waals surface area contributed by atoms with Crippen molar-refractivity contribution in [3.8, 4) is 0 Å². The Bertz CT molecular complexity index is 1050. The molecule has 0 fully saturated rings. The molecule has 2 aromatic heterocycles. The van der Waals surface area contributed by atoms with Crippen LogP contribution in [0, 0.1) is 0 Å². The number of rotatable bonds is 3.